The summed E-state index contributed by atoms with van der Waals surface area (Å²) in [5.74, 6) is 0.603. The van der Waals surface area contributed by atoms with Crippen LogP contribution in [0.5, 0.6) is 0 Å². The lowest BCUT2D eigenvalue weighted by molar-refractivity contribution is -0.135. The summed E-state index contributed by atoms with van der Waals surface area (Å²) < 4.78 is 4.69. The summed E-state index contributed by atoms with van der Waals surface area (Å²) in [6, 6.07) is 0. The van der Waals surface area contributed by atoms with Crippen molar-refractivity contribution in [1.82, 2.24) is 0 Å². The first-order chi connectivity index (χ1) is 3.83. The van der Waals surface area contributed by atoms with E-state index in [9.17, 15) is 4.79 Å². The van der Waals surface area contributed by atoms with Gasteiger partial charge in [-0.1, -0.05) is 15.9 Å². The lowest BCUT2D eigenvalue weighted by atomic mass is 10.3. The van der Waals surface area contributed by atoms with Crippen LogP contribution in [0.3, 0.4) is 0 Å². The third-order valence-corrected chi connectivity index (χ3v) is 1.45. The van der Waals surface area contributed by atoms with Gasteiger partial charge in [0, 0.05) is 11.4 Å². The minimum atomic E-state index is -0.129. The Kier molecular flexibility index (Phi) is 1.68. The lowest BCUT2D eigenvalue weighted by Crippen LogP contribution is -1.88. The Bertz CT molecular complexity index is 139. The Labute approximate surface area is 55.6 Å². The predicted octanol–water partition coefficient (Wildman–Crippen LogP) is 1.56. The summed E-state index contributed by atoms with van der Waals surface area (Å²) >= 11 is 3.06. The topological polar surface area (TPSA) is 26.3 Å². The lowest BCUT2D eigenvalue weighted by Gasteiger charge is -1.88. The fraction of sp³-hybridized carbons (Fsp3) is 0.400. The van der Waals surface area contributed by atoms with E-state index in [0.29, 0.717) is 6.42 Å². The number of carbonyl (C=O) groups is 1. The van der Waals surface area contributed by atoms with E-state index in [1.807, 2.05) is 0 Å². The smallest absolute Gasteiger partial charge is 0.311 e. The van der Waals surface area contributed by atoms with Crippen LogP contribution in [0.2, 0.25) is 0 Å². The number of carbonyl (C=O) groups excluding carboxylic acids is 1. The van der Waals surface area contributed by atoms with Gasteiger partial charge in [0.25, 0.3) is 0 Å². The molecule has 8 heavy (non-hydrogen) atoms. The Balaban J connectivity index is 2.56. The molecule has 1 aliphatic rings. The molecule has 1 fully saturated rings. The van der Waals surface area contributed by atoms with Gasteiger partial charge in [0.1, 0.15) is 5.76 Å². The maximum atomic E-state index is 10.3. The number of cyclic esters (lactones) is 1. The molecule has 44 valence electrons. The van der Waals surface area contributed by atoms with Crippen molar-refractivity contribution in [2.45, 2.75) is 12.8 Å². The minimum Gasteiger partial charge on any atom is -0.430 e. The number of hydrogen-bond acceptors (Lipinski definition) is 2. The molecule has 0 bridgehead atoms. The largest absolute Gasteiger partial charge is 0.430 e. The molecule has 0 aromatic carbocycles. The number of halogens is 1. The molecule has 0 aromatic heterocycles. The molecule has 0 aromatic rings. The highest BCUT2D eigenvalue weighted by atomic mass is 79.9. The predicted molar refractivity (Wildman–Crippen MR) is 32.3 cm³/mol. The van der Waals surface area contributed by atoms with E-state index in [-0.39, 0.29) is 5.97 Å². The van der Waals surface area contributed by atoms with Gasteiger partial charge in [-0.15, -0.1) is 0 Å². The molecule has 1 heterocycles. The average Bonchev–Trinajstić information content (AvgIpc) is 2.14. The van der Waals surface area contributed by atoms with E-state index in [1.165, 1.54) is 0 Å². The Morgan fingerprint density at radius 2 is 2.38 bits per heavy atom. The first-order valence-electron chi connectivity index (χ1n) is 2.33. The Morgan fingerprint density at radius 3 is 2.62 bits per heavy atom. The molecule has 1 rings (SSSR count). The van der Waals surface area contributed by atoms with Gasteiger partial charge in [-0.25, -0.2) is 0 Å². The van der Waals surface area contributed by atoms with E-state index in [1.54, 1.807) is 4.99 Å². The van der Waals surface area contributed by atoms with Crippen molar-refractivity contribution in [1.29, 1.82) is 0 Å². The van der Waals surface area contributed by atoms with Crippen LogP contribution in [0.1, 0.15) is 12.8 Å². The molecule has 1 saturated heterocycles. The van der Waals surface area contributed by atoms with Crippen molar-refractivity contribution in [3.8, 4) is 0 Å². The first-order valence-corrected chi connectivity index (χ1v) is 3.24. The van der Waals surface area contributed by atoms with Gasteiger partial charge >= 0.3 is 5.97 Å². The second-order valence-electron chi connectivity index (χ2n) is 1.55. The number of rotatable bonds is 0. The van der Waals surface area contributed by atoms with Crippen molar-refractivity contribution in [3.63, 3.8) is 0 Å². The van der Waals surface area contributed by atoms with Crippen LogP contribution in [-0.4, -0.2) is 5.97 Å². The molecule has 0 aliphatic carbocycles. The van der Waals surface area contributed by atoms with Gasteiger partial charge in [-0.3, -0.25) is 4.79 Å². The molecule has 0 amide bonds. The van der Waals surface area contributed by atoms with Crippen LogP contribution < -0.4 is 0 Å². The Hall–Kier alpha value is -0.310. The average molecular weight is 177 g/mol. The molecular weight excluding hydrogens is 172 g/mol. The highest BCUT2D eigenvalue weighted by Gasteiger charge is 2.15. The summed E-state index contributed by atoms with van der Waals surface area (Å²) in [5.41, 5.74) is 0. The van der Waals surface area contributed by atoms with Gasteiger partial charge < -0.3 is 4.74 Å². The first kappa shape index (κ1) is 5.82. The summed E-state index contributed by atoms with van der Waals surface area (Å²) in [6.45, 7) is 0. The fourth-order valence-corrected chi connectivity index (χ4v) is 0.873. The number of ether oxygens (including phenoxy) is 1. The number of allylic oxidation sites excluding steroid dienone is 1. The van der Waals surface area contributed by atoms with Gasteiger partial charge in [0.2, 0.25) is 0 Å². The number of hydrogen-bond donors (Lipinski definition) is 0. The SMILES string of the molecule is O=C1CC/C(=C/Br)O1. The van der Waals surface area contributed by atoms with Crippen molar-refractivity contribution in [3.05, 3.63) is 10.7 Å². The van der Waals surface area contributed by atoms with Crippen LogP contribution in [0, 0.1) is 0 Å². The minimum absolute atomic E-state index is 0.129. The molecule has 0 spiro atoms. The number of esters is 1. The van der Waals surface area contributed by atoms with Crippen LogP contribution in [-0.2, 0) is 9.53 Å². The maximum absolute atomic E-state index is 10.3. The standard InChI is InChI=1S/C5H5BrO2/c6-3-4-1-2-5(7)8-4/h3H,1-2H2/b4-3-. The normalized spacial score (nSPS) is 24.1. The zero-order chi connectivity index (χ0) is 5.98. The van der Waals surface area contributed by atoms with Crippen LogP contribution >= 0.6 is 15.9 Å². The Morgan fingerprint density at radius 1 is 1.62 bits per heavy atom. The molecule has 0 unspecified atom stereocenters. The molecule has 0 radical (unpaired) electrons. The summed E-state index contributed by atoms with van der Waals surface area (Å²) in [6.07, 6.45) is 1.27. The van der Waals surface area contributed by atoms with E-state index in [2.05, 4.69) is 20.7 Å². The maximum Gasteiger partial charge on any atom is 0.311 e. The highest BCUT2D eigenvalue weighted by Crippen LogP contribution is 2.17. The van der Waals surface area contributed by atoms with Gasteiger partial charge in [0.15, 0.2) is 0 Å². The molecule has 2 nitrogen and oxygen atoms in total. The zero-order valence-electron chi connectivity index (χ0n) is 4.19. The third kappa shape index (κ3) is 1.10. The monoisotopic (exact) mass is 176 g/mol. The molecule has 3 heteroatoms. The molecule has 0 N–H and O–H groups in total. The van der Waals surface area contributed by atoms with E-state index < -0.39 is 0 Å². The second-order valence-corrected chi connectivity index (χ2v) is 2.01. The summed E-state index contributed by atoms with van der Waals surface area (Å²) in [4.78, 5) is 12.0. The quantitative estimate of drug-likeness (QED) is 0.524. The molecule has 1 aliphatic heterocycles. The van der Waals surface area contributed by atoms with Crippen molar-refractivity contribution >= 4 is 21.9 Å². The van der Waals surface area contributed by atoms with Crippen LogP contribution in [0.25, 0.3) is 0 Å². The summed E-state index contributed by atoms with van der Waals surface area (Å²) in [5, 5.41) is 0. The van der Waals surface area contributed by atoms with Gasteiger partial charge in [-0.2, -0.15) is 0 Å². The third-order valence-electron chi connectivity index (χ3n) is 0.942. The highest BCUT2D eigenvalue weighted by molar-refractivity contribution is 9.11. The van der Waals surface area contributed by atoms with Crippen molar-refractivity contribution < 1.29 is 9.53 Å². The van der Waals surface area contributed by atoms with E-state index in [4.69, 9.17) is 0 Å². The van der Waals surface area contributed by atoms with Crippen molar-refractivity contribution in [2.24, 2.45) is 0 Å². The van der Waals surface area contributed by atoms with Gasteiger partial charge in [-0.05, 0) is 0 Å². The zero-order valence-corrected chi connectivity index (χ0v) is 5.77. The van der Waals surface area contributed by atoms with Crippen molar-refractivity contribution in [2.75, 3.05) is 0 Å². The molecule has 0 atom stereocenters. The van der Waals surface area contributed by atoms with Crippen LogP contribution in [0.15, 0.2) is 10.7 Å². The fourth-order valence-electron chi connectivity index (χ4n) is 0.550. The van der Waals surface area contributed by atoms with E-state index in [0.717, 1.165) is 12.2 Å². The molecule has 0 saturated carbocycles. The summed E-state index contributed by atoms with van der Waals surface area (Å²) in [7, 11) is 0. The molecular formula is C5H5BrO2. The van der Waals surface area contributed by atoms with Crippen LogP contribution in [0.4, 0.5) is 0 Å². The van der Waals surface area contributed by atoms with E-state index >= 15 is 0 Å². The van der Waals surface area contributed by atoms with Gasteiger partial charge in [0.05, 0.1) is 6.42 Å². The second kappa shape index (κ2) is 2.31.